The van der Waals surface area contributed by atoms with Crippen molar-refractivity contribution in [1.29, 1.82) is 0 Å². The van der Waals surface area contributed by atoms with E-state index in [0.29, 0.717) is 21.8 Å². The summed E-state index contributed by atoms with van der Waals surface area (Å²) < 4.78 is 0. The minimum absolute atomic E-state index is 0.119. The standard InChI is InChI=1S/C16H11ClN2O/c17-13-6-12(7-14(18)9-13)16(20)11-4-3-10-2-1-5-19-15(10)8-11/h1-9H,18H2. The van der Waals surface area contributed by atoms with E-state index in [4.69, 9.17) is 17.3 Å². The molecular formula is C16H11ClN2O. The van der Waals surface area contributed by atoms with Crippen LogP contribution in [0.2, 0.25) is 5.02 Å². The minimum Gasteiger partial charge on any atom is -0.399 e. The van der Waals surface area contributed by atoms with E-state index < -0.39 is 0 Å². The van der Waals surface area contributed by atoms with Crippen molar-refractivity contribution in [3.8, 4) is 0 Å². The molecule has 1 heterocycles. The van der Waals surface area contributed by atoms with E-state index in [9.17, 15) is 4.79 Å². The zero-order valence-electron chi connectivity index (χ0n) is 10.5. The van der Waals surface area contributed by atoms with Gasteiger partial charge in [-0.15, -0.1) is 0 Å². The van der Waals surface area contributed by atoms with Crippen LogP contribution in [0.4, 0.5) is 5.69 Å². The summed E-state index contributed by atoms with van der Waals surface area (Å²) in [5.41, 5.74) is 8.02. The third kappa shape index (κ3) is 2.36. The molecule has 98 valence electrons. The first kappa shape index (κ1) is 12.6. The number of nitrogens with two attached hydrogens (primary N) is 1. The number of pyridine rings is 1. The number of nitrogens with zero attached hydrogens (tertiary/aromatic N) is 1. The van der Waals surface area contributed by atoms with E-state index >= 15 is 0 Å². The van der Waals surface area contributed by atoms with E-state index in [2.05, 4.69) is 4.98 Å². The first-order chi connectivity index (χ1) is 9.63. The highest BCUT2D eigenvalue weighted by molar-refractivity contribution is 6.31. The fourth-order valence-electron chi connectivity index (χ4n) is 2.12. The highest BCUT2D eigenvalue weighted by Gasteiger charge is 2.11. The van der Waals surface area contributed by atoms with Crippen LogP contribution < -0.4 is 5.73 Å². The predicted octanol–water partition coefficient (Wildman–Crippen LogP) is 3.70. The Morgan fingerprint density at radius 2 is 1.90 bits per heavy atom. The number of carbonyl (C=O) groups is 1. The molecule has 3 nitrogen and oxygen atoms in total. The lowest BCUT2D eigenvalue weighted by Gasteiger charge is -2.05. The third-order valence-electron chi connectivity index (χ3n) is 3.05. The van der Waals surface area contributed by atoms with Gasteiger partial charge in [-0.25, -0.2) is 0 Å². The van der Waals surface area contributed by atoms with Crippen LogP contribution in [0.5, 0.6) is 0 Å². The predicted molar refractivity (Wildman–Crippen MR) is 81.0 cm³/mol. The van der Waals surface area contributed by atoms with Gasteiger partial charge in [-0.05, 0) is 30.3 Å². The molecule has 0 saturated heterocycles. The number of aromatic nitrogens is 1. The SMILES string of the molecule is Nc1cc(Cl)cc(C(=O)c2ccc3cccnc3c2)c1. The summed E-state index contributed by atoms with van der Waals surface area (Å²) in [5.74, 6) is -0.119. The van der Waals surface area contributed by atoms with Crippen molar-refractivity contribution in [2.24, 2.45) is 0 Å². The fraction of sp³-hybridized carbons (Fsp3) is 0. The molecule has 2 aromatic carbocycles. The molecule has 0 radical (unpaired) electrons. The third-order valence-corrected chi connectivity index (χ3v) is 3.27. The number of fused-ring (bicyclic) bond motifs is 1. The summed E-state index contributed by atoms with van der Waals surface area (Å²) in [7, 11) is 0. The first-order valence-corrected chi connectivity index (χ1v) is 6.47. The largest absolute Gasteiger partial charge is 0.399 e. The number of carbonyl (C=O) groups excluding carboxylic acids is 1. The summed E-state index contributed by atoms with van der Waals surface area (Å²) in [5, 5.41) is 1.45. The van der Waals surface area contributed by atoms with Crippen molar-refractivity contribution in [3.05, 3.63) is 70.9 Å². The average molecular weight is 283 g/mol. The molecular weight excluding hydrogens is 272 g/mol. The van der Waals surface area contributed by atoms with Gasteiger partial charge in [-0.2, -0.15) is 0 Å². The Hall–Kier alpha value is -2.39. The summed E-state index contributed by atoms with van der Waals surface area (Å²) in [4.78, 5) is 16.7. The topological polar surface area (TPSA) is 56.0 Å². The van der Waals surface area contributed by atoms with E-state index in [1.54, 1.807) is 36.5 Å². The molecule has 4 heteroatoms. The molecule has 0 unspecified atom stereocenters. The molecule has 0 bridgehead atoms. The molecule has 3 aromatic rings. The molecule has 0 fully saturated rings. The smallest absolute Gasteiger partial charge is 0.193 e. The molecule has 0 spiro atoms. The Morgan fingerprint density at radius 1 is 1.05 bits per heavy atom. The normalized spacial score (nSPS) is 10.7. The Morgan fingerprint density at radius 3 is 2.70 bits per heavy atom. The molecule has 2 N–H and O–H groups in total. The van der Waals surface area contributed by atoms with Gasteiger partial charge in [0.1, 0.15) is 0 Å². The number of benzene rings is 2. The monoisotopic (exact) mass is 282 g/mol. The van der Waals surface area contributed by atoms with Gasteiger partial charge in [0.15, 0.2) is 5.78 Å². The van der Waals surface area contributed by atoms with Crippen LogP contribution in [-0.4, -0.2) is 10.8 Å². The van der Waals surface area contributed by atoms with Crippen molar-refractivity contribution < 1.29 is 4.79 Å². The Balaban J connectivity index is 2.07. The highest BCUT2D eigenvalue weighted by Crippen LogP contribution is 2.21. The van der Waals surface area contributed by atoms with Crippen LogP contribution in [0.25, 0.3) is 10.9 Å². The average Bonchev–Trinajstić information content (AvgIpc) is 2.45. The van der Waals surface area contributed by atoms with Gasteiger partial charge in [0, 0.05) is 33.4 Å². The molecule has 0 amide bonds. The van der Waals surface area contributed by atoms with Gasteiger partial charge < -0.3 is 5.73 Å². The number of hydrogen-bond acceptors (Lipinski definition) is 3. The summed E-state index contributed by atoms with van der Waals surface area (Å²) in [6.45, 7) is 0. The van der Waals surface area contributed by atoms with Gasteiger partial charge in [0.05, 0.1) is 5.52 Å². The van der Waals surface area contributed by atoms with Gasteiger partial charge >= 0.3 is 0 Å². The zero-order valence-corrected chi connectivity index (χ0v) is 11.3. The minimum atomic E-state index is -0.119. The van der Waals surface area contributed by atoms with Crippen LogP contribution >= 0.6 is 11.6 Å². The molecule has 0 aliphatic heterocycles. The van der Waals surface area contributed by atoms with Gasteiger partial charge in [-0.1, -0.05) is 29.8 Å². The molecule has 1 aromatic heterocycles. The molecule has 3 rings (SSSR count). The number of ketones is 1. The second kappa shape index (κ2) is 4.94. The van der Waals surface area contributed by atoms with Crippen LogP contribution in [0.3, 0.4) is 0 Å². The molecule has 20 heavy (non-hydrogen) atoms. The van der Waals surface area contributed by atoms with Gasteiger partial charge in [0.2, 0.25) is 0 Å². The quantitative estimate of drug-likeness (QED) is 0.576. The number of anilines is 1. The molecule has 0 aliphatic rings. The van der Waals surface area contributed by atoms with Crippen molar-refractivity contribution in [2.75, 3.05) is 5.73 Å². The maximum absolute atomic E-state index is 12.5. The van der Waals surface area contributed by atoms with Crippen molar-refractivity contribution in [2.45, 2.75) is 0 Å². The molecule has 0 aliphatic carbocycles. The lowest BCUT2D eigenvalue weighted by Crippen LogP contribution is -2.02. The number of hydrogen-bond donors (Lipinski definition) is 1. The number of halogens is 1. The van der Waals surface area contributed by atoms with Crippen LogP contribution in [-0.2, 0) is 0 Å². The maximum atomic E-state index is 12.5. The Bertz CT molecular complexity index is 794. The van der Waals surface area contributed by atoms with E-state index in [1.165, 1.54) is 0 Å². The van der Waals surface area contributed by atoms with Crippen LogP contribution in [0.1, 0.15) is 15.9 Å². The maximum Gasteiger partial charge on any atom is 0.193 e. The van der Waals surface area contributed by atoms with Crippen LogP contribution in [0, 0.1) is 0 Å². The summed E-state index contributed by atoms with van der Waals surface area (Å²) >= 11 is 5.93. The second-order valence-electron chi connectivity index (χ2n) is 4.51. The van der Waals surface area contributed by atoms with E-state index in [-0.39, 0.29) is 5.78 Å². The van der Waals surface area contributed by atoms with E-state index in [1.807, 2.05) is 18.2 Å². The van der Waals surface area contributed by atoms with E-state index in [0.717, 1.165) is 10.9 Å². The fourth-order valence-corrected chi connectivity index (χ4v) is 2.36. The summed E-state index contributed by atoms with van der Waals surface area (Å²) in [6.07, 6.45) is 1.70. The van der Waals surface area contributed by atoms with Gasteiger partial charge in [-0.3, -0.25) is 9.78 Å². The summed E-state index contributed by atoms with van der Waals surface area (Å²) in [6, 6.07) is 14.1. The highest BCUT2D eigenvalue weighted by atomic mass is 35.5. The number of nitrogen functional groups attached to an aromatic ring is 1. The second-order valence-corrected chi connectivity index (χ2v) is 4.95. The Kier molecular flexibility index (Phi) is 3.12. The number of rotatable bonds is 2. The molecule has 0 atom stereocenters. The first-order valence-electron chi connectivity index (χ1n) is 6.09. The zero-order chi connectivity index (χ0) is 14.1. The van der Waals surface area contributed by atoms with Crippen molar-refractivity contribution in [3.63, 3.8) is 0 Å². The molecule has 0 saturated carbocycles. The van der Waals surface area contributed by atoms with Gasteiger partial charge in [0.25, 0.3) is 0 Å². The van der Waals surface area contributed by atoms with Crippen LogP contribution in [0.15, 0.2) is 54.7 Å². The Labute approximate surface area is 121 Å². The van der Waals surface area contributed by atoms with Crippen molar-refractivity contribution >= 4 is 34.0 Å². The van der Waals surface area contributed by atoms with Crippen molar-refractivity contribution in [1.82, 2.24) is 4.98 Å². The lowest BCUT2D eigenvalue weighted by atomic mass is 10.0. The lowest BCUT2D eigenvalue weighted by molar-refractivity contribution is 0.103.